The lowest BCUT2D eigenvalue weighted by Gasteiger charge is -2.36. The number of ketones is 1. The molecular weight excluding hydrogens is 403 g/mol. The van der Waals surface area contributed by atoms with Crippen LogP contribution in [-0.2, 0) is 6.18 Å². The molecule has 7 heteroatoms. The molecule has 4 nitrogen and oxygen atoms in total. The van der Waals surface area contributed by atoms with Crippen LogP contribution >= 0.6 is 0 Å². The summed E-state index contributed by atoms with van der Waals surface area (Å²) in [5, 5.41) is 3.43. The van der Waals surface area contributed by atoms with Crippen LogP contribution in [0.2, 0.25) is 0 Å². The fraction of sp³-hybridized carbons (Fsp3) is 0.208. The molecule has 0 amide bonds. The first-order valence-corrected chi connectivity index (χ1v) is 9.84. The van der Waals surface area contributed by atoms with Gasteiger partial charge in [-0.15, -0.1) is 0 Å². The number of hydrogen-bond donors (Lipinski definition) is 1. The predicted molar refractivity (Wildman–Crippen MR) is 112 cm³/mol. The number of piperazine rings is 1. The maximum absolute atomic E-state index is 13.7. The molecule has 0 saturated carbocycles. The van der Waals surface area contributed by atoms with Crippen LogP contribution in [0.4, 0.5) is 18.9 Å². The highest BCUT2D eigenvalue weighted by atomic mass is 19.4. The highest BCUT2D eigenvalue weighted by Gasteiger charge is 2.36. The minimum Gasteiger partial charge on any atom is -0.368 e. The van der Waals surface area contributed by atoms with E-state index in [0.717, 1.165) is 11.6 Å². The van der Waals surface area contributed by atoms with E-state index in [1.165, 1.54) is 30.5 Å². The van der Waals surface area contributed by atoms with E-state index in [-0.39, 0.29) is 17.3 Å². The predicted octanol–water partition coefficient (Wildman–Crippen LogP) is 4.54. The van der Waals surface area contributed by atoms with Crippen molar-refractivity contribution in [2.24, 2.45) is 0 Å². The van der Waals surface area contributed by atoms with Crippen molar-refractivity contribution in [1.29, 1.82) is 0 Å². The molecule has 0 bridgehead atoms. The van der Waals surface area contributed by atoms with Crippen molar-refractivity contribution in [2.45, 2.75) is 12.2 Å². The first-order valence-electron chi connectivity index (χ1n) is 9.84. The first kappa shape index (κ1) is 21.1. The second kappa shape index (κ2) is 8.51. The van der Waals surface area contributed by atoms with Crippen molar-refractivity contribution in [2.75, 3.05) is 24.5 Å². The number of benzene rings is 2. The van der Waals surface area contributed by atoms with Crippen molar-refractivity contribution in [3.8, 4) is 0 Å². The second-order valence-corrected chi connectivity index (χ2v) is 7.36. The Morgan fingerprint density at radius 2 is 1.84 bits per heavy atom. The van der Waals surface area contributed by atoms with Crippen LogP contribution < -0.4 is 10.2 Å². The second-order valence-electron chi connectivity index (χ2n) is 7.36. The fourth-order valence-electron chi connectivity index (χ4n) is 3.81. The molecule has 1 aliphatic rings. The quantitative estimate of drug-likeness (QED) is 0.626. The molecule has 0 aliphatic carbocycles. The molecule has 4 rings (SSSR count). The van der Waals surface area contributed by atoms with Gasteiger partial charge in [0.05, 0.1) is 11.3 Å². The van der Waals surface area contributed by atoms with Gasteiger partial charge in [0.15, 0.2) is 5.78 Å². The van der Waals surface area contributed by atoms with Crippen LogP contribution in [0.3, 0.4) is 0 Å². The molecule has 31 heavy (non-hydrogen) atoms. The topological polar surface area (TPSA) is 45.2 Å². The van der Waals surface area contributed by atoms with Gasteiger partial charge in [-0.25, -0.2) is 0 Å². The number of hydrogen-bond acceptors (Lipinski definition) is 4. The molecule has 1 aliphatic heterocycles. The maximum atomic E-state index is 13.7. The standard InChI is InChI=1S/C24H20F3N3O/c1-16-19(8-5-11-28-16)23(31)20-14-18(9-10-21(20)24(25,26)27)30-13-12-29-22(15-30)17-6-3-2-4-7-17/h1-11,14,22,29H,12-13,15H2. The molecule has 0 spiro atoms. The Bertz CT molecular complexity index is 1080. The monoisotopic (exact) mass is 423 g/mol. The molecule has 2 heterocycles. The summed E-state index contributed by atoms with van der Waals surface area (Å²) in [6.45, 7) is 7.59. The number of nitrogens with zero attached hydrogens (tertiary/aromatic N) is 2. The van der Waals surface area contributed by atoms with E-state index in [2.05, 4.69) is 10.3 Å². The van der Waals surface area contributed by atoms with Gasteiger partial charge in [-0.05, 0) is 35.9 Å². The zero-order valence-corrected chi connectivity index (χ0v) is 16.6. The van der Waals surface area contributed by atoms with Crippen molar-refractivity contribution < 1.29 is 18.0 Å². The highest BCUT2D eigenvalue weighted by molar-refractivity contribution is 6.11. The smallest absolute Gasteiger partial charge is 0.368 e. The van der Waals surface area contributed by atoms with Crippen LogP contribution in [0.1, 0.15) is 38.8 Å². The van der Waals surface area contributed by atoms with E-state index >= 15 is 0 Å². The van der Waals surface area contributed by atoms with E-state index in [0.29, 0.717) is 25.3 Å². The average molecular weight is 423 g/mol. The molecule has 1 N–H and O–H groups in total. The van der Waals surface area contributed by atoms with Crippen LogP contribution in [0.5, 0.6) is 0 Å². The lowest BCUT2D eigenvalue weighted by molar-refractivity contribution is -0.137. The number of pyridine rings is 1. The molecule has 3 aromatic rings. The van der Waals surface area contributed by atoms with Gasteiger partial charge in [-0.2, -0.15) is 13.2 Å². The number of rotatable bonds is 4. The Hall–Kier alpha value is -3.19. The van der Waals surface area contributed by atoms with Gasteiger partial charge in [0.2, 0.25) is 0 Å². The number of halogens is 3. The lowest BCUT2D eigenvalue weighted by atomic mass is 9.96. The van der Waals surface area contributed by atoms with Gasteiger partial charge in [0.25, 0.3) is 0 Å². The Balaban J connectivity index is 1.70. The Morgan fingerprint density at radius 1 is 1.06 bits per heavy atom. The zero-order chi connectivity index (χ0) is 22.0. The van der Waals surface area contributed by atoms with Crippen molar-refractivity contribution in [1.82, 2.24) is 10.3 Å². The summed E-state index contributed by atoms with van der Waals surface area (Å²) >= 11 is 0. The molecule has 158 valence electrons. The zero-order valence-electron chi connectivity index (χ0n) is 16.6. The number of nitrogens with one attached hydrogen (secondary N) is 1. The van der Waals surface area contributed by atoms with E-state index in [1.54, 1.807) is 0 Å². The first-order chi connectivity index (χ1) is 14.8. The summed E-state index contributed by atoms with van der Waals surface area (Å²) in [4.78, 5) is 18.8. The summed E-state index contributed by atoms with van der Waals surface area (Å²) in [7, 11) is 0. The largest absolute Gasteiger partial charge is 0.417 e. The number of carbonyl (C=O) groups is 1. The summed E-state index contributed by atoms with van der Waals surface area (Å²) in [6, 6.07) is 16.4. The van der Waals surface area contributed by atoms with Gasteiger partial charge in [0, 0.05) is 55.6 Å². The number of alkyl halides is 3. The van der Waals surface area contributed by atoms with Crippen LogP contribution in [0.25, 0.3) is 0 Å². The number of carbonyl (C=O) groups excluding carboxylic acids is 1. The van der Waals surface area contributed by atoms with Crippen LogP contribution in [-0.4, -0.2) is 30.4 Å². The molecule has 2 radical (unpaired) electrons. The summed E-state index contributed by atoms with van der Waals surface area (Å²) < 4.78 is 41.0. The van der Waals surface area contributed by atoms with E-state index in [1.807, 2.05) is 35.2 Å². The summed E-state index contributed by atoms with van der Waals surface area (Å²) in [6.07, 6.45) is -3.28. The van der Waals surface area contributed by atoms with Gasteiger partial charge in [-0.1, -0.05) is 30.3 Å². The summed E-state index contributed by atoms with van der Waals surface area (Å²) in [5.41, 5.74) is 0.0866. The molecule has 1 aromatic heterocycles. The number of aromatic nitrogens is 1. The minimum absolute atomic E-state index is 0.0327. The van der Waals surface area contributed by atoms with Crippen LogP contribution in [0, 0.1) is 6.92 Å². The number of anilines is 1. The average Bonchev–Trinajstić information content (AvgIpc) is 2.78. The van der Waals surface area contributed by atoms with Gasteiger partial charge in [-0.3, -0.25) is 9.78 Å². The molecule has 1 atom stereocenters. The molecule has 2 aromatic carbocycles. The van der Waals surface area contributed by atoms with Crippen LogP contribution in [0.15, 0.2) is 66.9 Å². The highest BCUT2D eigenvalue weighted by Crippen LogP contribution is 2.36. The van der Waals surface area contributed by atoms with Gasteiger partial charge >= 0.3 is 6.18 Å². The van der Waals surface area contributed by atoms with Gasteiger partial charge in [0.1, 0.15) is 0 Å². The van der Waals surface area contributed by atoms with Crippen molar-refractivity contribution >= 4 is 11.5 Å². The molecule has 1 saturated heterocycles. The third-order valence-electron chi connectivity index (χ3n) is 5.38. The molecular formula is C24H20F3N3O. The lowest BCUT2D eigenvalue weighted by Crippen LogP contribution is -2.46. The van der Waals surface area contributed by atoms with E-state index in [9.17, 15) is 18.0 Å². The summed E-state index contributed by atoms with van der Waals surface area (Å²) in [5.74, 6) is -0.797. The fourth-order valence-corrected chi connectivity index (χ4v) is 3.81. The Kier molecular flexibility index (Phi) is 5.78. The third-order valence-corrected chi connectivity index (χ3v) is 5.38. The van der Waals surface area contributed by atoms with Crippen molar-refractivity contribution in [3.63, 3.8) is 0 Å². The van der Waals surface area contributed by atoms with E-state index in [4.69, 9.17) is 6.92 Å². The van der Waals surface area contributed by atoms with Gasteiger partial charge < -0.3 is 10.2 Å². The van der Waals surface area contributed by atoms with E-state index < -0.39 is 23.1 Å². The Labute approximate surface area is 178 Å². The van der Waals surface area contributed by atoms with Crippen molar-refractivity contribution in [3.05, 3.63) is 102 Å². The normalized spacial score (nSPS) is 16.9. The molecule has 1 fully saturated rings. The molecule has 1 unspecified atom stereocenters. The maximum Gasteiger partial charge on any atom is 0.417 e. The SMILES string of the molecule is [CH]c1ncccc1C(=O)c1cc(N2CCNC(c3ccccc3)C2)ccc1C(F)(F)F. The minimum atomic E-state index is -4.67. The third kappa shape index (κ3) is 4.46. The Morgan fingerprint density at radius 3 is 2.55 bits per heavy atom.